The first kappa shape index (κ1) is 13.9. The number of fused-ring (bicyclic) bond motifs is 1. The summed E-state index contributed by atoms with van der Waals surface area (Å²) in [6.45, 7) is 2.19. The molecular formula is C15H14Cl2N2S. The normalized spacial score (nSPS) is 12.9. The molecule has 0 fully saturated rings. The van der Waals surface area contributed by atoms with E-state index in [9.17, 15) is 0 Å². The number of alkyl halides is 1. The highest BCUT2D eigenvalue weighted by atomic mass is 35.5. The van der Waals surface area contributed by atoms with Crippen molar-refractivity contribution in [3.05, 3.63) is 51.4 Å². The predicted octanol–water partition coefficient (Wildman–Crippen LogP) is 5.29. The lowest BCUT2D eigenvalue weighted by Gasteiger charge is -2.16. The van der Waals surface area contributed by atoms with E-state index in [-0.39, 0.29) is 0 Å². The second-order valence-corrected chi connectivity index (χ2v) is 6.48. The van der Waals surface area contributed by atoms with E-state index in [0.717, 1.165) is 23.3 Å². The van der Waals surface area contributed by atoms with Crippen LogP contribution in [0.1, 0.15) is 23.7 Å². The first-order valence-electron chi connectivity index (χ1n) is 6.44. The number of rotatable bonds is 4. The Morgan fingerprint density at radius 2 is 2.15 bits per heavy atom. The summed E-state index contributed by atoms with van der Waals surface area (Å²) in [4.78, 5) is 5.95. The quantitative estimate of drug-likeness (QED) is 0.596. The highest BCUT2D eigenvalue weighted by Crippen LogP contribution is 2.29. The number of benzene rings is 1. The van der Waals surface area contributed by atoms with Crippen LogP contribution < -0.4 is 0 Å². The minimum Gasteiger partial charge on any atom is -0.324 e. The minimum absolute atomic E-state index is 0.297. The van der Waals surface area contributed by atoms with Crippen molar-refractivity contribution in [3.8, 4) is 0 Å². The number of para-hydroxylation sites is 1. The van der Waals surface area contributed by atoms with Crippen molar-refractivity contribution in [2.24, 2.45) is 0 Å². The Bertz CT molecular complexity index is 719. The van der Waals surface area contributed by atoms with E-state index in [4.69, 9.17) is 23.2 Å². The number of hydrogen-bond acceptors (Lipinski definition) is 2. The van der Waals surface area contributed by atoms with Crippen molar-refractivity contribution in [1.29, 1.82) is 0 Å². The van der Waals surface area contributed by atoms with Crippen LogP contribution in [0.5, 0.6) is 0 Å². The van der Waals surface area contributed by atoms with E-state index in [2.05, 4.69) is 40.1 Å². The summed E-state index contributed by atoms with van der Waals surface area (Å²) in [6.07, 6.45) is 0.972. The first-order valence-corrected chi connectivity index (χ1v) is 8.23. The number of aromatic nitrogens is 2. The maximum Gasteiger partial charge on any atom is 0.125 e. The van der Waals surface area contributed by atoms with Gasteiger partial charge in [-0.2, -0.15) is 0 Å². The maximum atomic E-state index is 6.23. The summed E-state index contributed by atoms with van der Waals surface area (Å²) >= 11 is 14.1. The number of halogens is 2. The molecule has 1 aromatic carbocycles. The van der Waals surface area contributed by atoms with Gasteiger partial charge in [-0.1, -0.05) is 23.7 Å². The Hall–Kier alpha value is -1.03. The molecule has 1 atom stereocenters. The average Bonchev–Trinajstić information content (AvgIpc) is 3.05. The Kier molecular flexibility index (Phi) is 4.01. The molecule has 0 aliphatic carbocycles. The van der Waals surface area contributed by atoms with Crippen LogP contribution in [-0.2, 0) is 12.3 Å². The number of imidazole rings is 1. The SMILES string of the molecule is CC(Cc1cccs1)n1c(CCl)nc2c(Cl)cccc21. The van der Waals surface area contributed by atoms with Crippen LogP contribution in [0.2, 0.25) is 5.02 Å². The number of thiophene rings is 1. The van der Waals surface area contributed by atoms with Gasteiger partial charge in [-0.3, -0.25) is 0 Å². The molecule has 2 aromatic heterocycles. The second-order valence-electron chi connectivity index (χ2n) is 4.77. The third kappa shape index (κ3) is 2.46. The van der Waals surface area contributed by atoms with E-state index in [1.807, 2.05) is 12.1 Å². The highest BCUT2D eigenvalue weighted by Gasteiger charge is 2.17. The summed E-state index contributed by atoms with van der Waals surface area (Å²) in [7, 11) is 0. The summed E-state index contributed by atoms with van der Waals surface area (Å²) < 4.78 is 2.20. The molecule has 20 heavy (non-hydrogen) atoms. The van der Waals surface area contributed by atoms with Crippen LogP contribution in [0.3, 0.4) is 0 Å². The summed E-state index contributed by atoms with van der Waals surface area (Å²) in [5, 5.41) is 2.78. The molecular weight excluding hydrogens is 311 g/mol. The fourth-order valence-corrected chi connectivity index (χ4v) is 3.76. The molecule has 0 aliphatic heterocycles. The third-order valence-corrected chi connectivity index (χ3v) is 4.82. The highest BCUT2D eigenvalue weighted by molar-refractivity contribution is 7.09. The van der Waals surface area contributed by atoms with E-state index in [0.29, 0.717) is 16.9 Å². The van der Waals surface area contributed by atoms with Gasteiger partial charge in [-0.05, 0) is 30.5 Å². The predicted molar refractivity (Wildman–Crippen MR) is 87.0 cm³/mol. The molecule has 2 heterocycles. The van der Waals surface area contributed by atoms with Crippen molar-refractivity contribution in [3.63, 3.8) is 0 Å². The van der Waals surface area contributed by atoms with E-state index in [1.54, 1.807) is 11.3 Å². The van der Waals surface area contributed by atoms with Crippen LogP contribution in [0.4, 0.5) is 0 Å². The van der Waals surface area contributed by atoms with Gasteiger partial charge in [0.2, 0.25) is 0 Å². The second kappa shape index (κ2) is 5.76. The van der Waals surface area contributed by atoms with Crippen molar-refractivity contribution in [1.82, 2.24) is 9.55 Å². The zero-order valence-corrected chi connectivity index (χ0v) is 13.3. The molecule has 0 radical (unpaired) electrons. The van der Waals surface area contributed by atoms with Gasteiger partial charge in [-0.25, -0.2) is 4.98 Å². The summed E-state index contributed by atoms with van der Waals surface area (Å²) in [6, 6.07) is 10.4. The standard InChI is InChI=1S/C15H14Cl2N2S/c1-10(8-11-4-3-7-20-11)19-13-6-2-5-12(17)15(13)18-14(19)9-16/h2-7,10H,8-9H2,1H3. The van der Waals surface area contributed by atoms with Gasteiger partial charge in [0, 0.05) is 17.3 Å². The van der Waals surface area contributed by atoms with E-state index < -0.39 is 0 Å². The summed E-state index contributed by atoms with van der Waals surface area (Å²) in [5.74, 6) is 1.26. The number of nitrogens with zero attached hydrogens (tertiary/aromatic N) is 2. The van der Waals surface area contributed by atoms with Gasteiger partial charge in [-0.15, -0.1) is 22.9 Å². The fourth-order valence-electron chi connectivity index (χ4n) is 2.53. The minimum atomic E-state index is 0.297. The smallest absolute Gasteiger partial charge is 0.125 e. The lowest BCUT2D eigenvalue weighted by Crippen LogP contribution is -2.10. The molecule has 104 valence electrons. The van der Waals surface area contributed by atoms with Crippen molar-refractivity contribution >= 4 is 45.6 Å². The van der Waals surface area contributed by atoms with Gasteiger partial charge in [0.05, 0.1) is 16.4 Å². The molecule has 0 N–H and O–H groups in total. The van der Waals surface area contributed by atoms with Gasteiger partial charge >= 0.3 is 0 Å². The molecule has 0 amide bonds. The number of hydrogen-bond donors (Lipinski definition) is 0. The zero-order valence-electron chi connectivity index (χ0n) is 11.0. The van der Waals surface area contributed by atoms with E-state index >= 15 is 0 Å². The van der Waals surface area contributed by atoms with Gasteiger partial charge < -0.3 is 4.57 Å². The topological polar surface area (TPSA) is 17.8 Å². The van der Waals surface area contributed by atoms with Crippen LogP contribution in [0.25, 0.3) is 11.0 Å². The van der Waals surface area contributed by atoms with Crippen LogP contribution >= 0.6 is 34.5 Å². The third-order valence-electron chi connectivity index (χ3n) is 3.38. The van der Waals surface area contributed by atoms with Gasteiger partial charge in [0.1, 0.15) is 11.3 Å². The Morgan fingerprint density at radius 3 is 2.85 bits per heavy atom. The van der Waals surface area contributed by atoms with Crippen molar-refractivity contribution in [2.45, 2.75) is 25.3 Å². The molecule has 0 saturated heterocycles. The molecule has 1 unspecified atom stereocenters. The Labute approximate surface area is 132 Å². The van der Waals surface area contributed by atoms with E-state index in [1.165, 1.54) is 4.88 Å². The average molecular weight is 325 g/mol. The lowest BCUT2D eigenvalue weighted by molar-refractivity contribution is 0.547. The molecule has 0 saturated carbocycles. The van der Waals surface area contributed by atoms with Gasteiger partial charge in [0.15, 0.2) is 0 Å². The molecule has 0 bridgehead atoms. The van der Waals surface area contributed by atoms with Gasteiger partial charge in [0.25, 0.3) is 0 Å². The fraction of sp³-hybridized carbons (Fsp3) is 0.267. The molecule has 3 rings (SSSR count). The van der Waals surface area contributed by atoms with Crippen LogP contribution in [-0.4, -0.2) is 9.55 Å². The largest absolute Gasteiger partial charge is 0.324 e. The maximum absolute atomic E-state index is 6.23. The lowest BCUT2D eigenvalue weighted by atomic mass is 10.2. The summed E-state index contributed by atoms with van der Waals surface area (Å²) in [5.41, 5.74) is 1.89. The van der Waals surface area contributed by atoms with Crippen LogP contribution in [0.15, 0.2) is 35.7 Å². The first-order chi connectivity index (χ1) is 9.70. The molecule has 0 aliphatic rings. The molecule has 0 spiro atoms. The molecule has 3 aromatic rings. The van der Waals surface area contributed by atoms with Crippen LogP contribution in [0, 0.1) is 0 Å². The van der Waals surface area contributed by atoms with Crippen molar-refractivity contribution < 1.29 is 0 Å². The Morgan fingerprint density at radius 1 is 1.30 bits per heavy atom. The zero-order chi connectivity index (χ0) is 14.1. The Balaban J connectivity index is 2.07. The van der Waals surface area contributed by atoms with Crippen molar-refractivity contribution in [2.75, 3.05) is 0 Å². The molecule has 5 heteroatoms. The molecule has 2 nitrogen and oxygen atoms in total. The monoisotopic (exact) mass is 324 g/mol.